The molecule has 0 saturated heterocycles. The summed E-state index contributed by atoms with van der Waals surface area (Å²) < 4.78 is 12.7. The molecule has 0 fully saturated rings. The molecule has 5 rings (SSSR count). The molecule has 0 spiro atoms. The van der Waals surface area contributed by atoms with Crippen molar-refractivity contribution in [1.82, 2.24) is 10.3 Å². The fourth-order valence-corrected chi connectivity index (χ4v) is 6.29. The number of nitrogens with zero attached hydrogens (tertiary/aromatic N) is 1. The number of ether oxygens (including phenoxy) is 2. The first-order valence-electron chi connectivity index (χ1n) is 14.1. The molecule has 7 nitrogen and oxygen atoms in total. The van der Waals surface area contributed by atoms with Crippen molar-refractivity contribution in [2.75, 3.05) is 12.4 Å². The van der Waals surface area contributed by atoms with Gasteiger partial charge in [-0.3, -0.25) is 9.59 Å². The van der Waals surface area contributed by atoms with Crippen LogP contribution in [0.3, 0.4) is 0 Å². The van der Waals surface area contributed by atoms with Crippen LogP contribution in [0.15, 0.2) is 75.7 Å². The topological polar surface area (TPSA) is 89.5 Å². The minimum atomic E-state index is -0.583. The van der Waals surface area contributed by atoms with Gasteiger partial charge in [0.25, 0.3) is 5.91 Å². The number of hydrogen-bond donors (Lipinski definition) is 2. The Balaban J connectivity index is 1.56. The van der Waals surface area contributed by atoms with Gasteiger partial charge < -0.3 is 20.1 Å². The lowest BCUT2D eigenvalue weighted by molar-refractivity contribution is -0.118. The number of allylic oxidation sites excluding steroid dienone is 3. The van der Waals surface area contributed by atoms with Crippen LogP contribution in [-0.2, 0) is 16.2 Å². The molecular weight excluding hydrogens is 630 g/mol. The Hall–Kier alpha value is -3.62. The summed E-state index contributed by atoms with van der Waals surface area (Å²) in [5.41, 5.74) is 5.93. The van der Waals surface area contributed by atoms with Crippen LogP contribution in [0.25, 0.3) is 0 Å². The van der Waals surface area contributed by atoms with Gasteiger partial charge in [-0.15, -0.1) is 0 Å². The second-order valence-electron chi connectivity index (χ2n) is 12.0. The average Bonchev–Trinajstić information content (AvgIpc) is 2.94. The van der Waals surface area contributed by atoms with Gasteiger partial charge in [-0.25, -0.2) is 4.98 Å². The van der Waals surface area contributed by atoms with Gasteiger partial charge in [0.2, 0.25) is 0 Å². The highest BCUT2D eigenvalue weighted by Gasteiger charge is 2.43. The summed E-state index contributed by atoms with van der Waals surface area (Å²) in [4.78, 5) is 32.0. The number of benzene rings is 2. The van der Waals surface area contributed by atoms with Gasteiger partial charge >= 0.3 is 0 Å². The number of Topliss-reactive ketones (excluding diaryl/α,β-unsaturated/α-hetero) is 1. The Kier molecular flexibility index (Phi) is 8.72. The summed E-state index contributed by atoms with van der Waals surface area (Å²) in [6, 6.07) is 13.1. The Bertz CT molecular complexity index is 1650. The van der Waals surface area contributed by atoms with E-state index in [0.29, 0.717) is 52.0 Å². The number of hydrogen-bond acceptors (Lipinski definition) is 6. The van der Waals surface area contributed by atoms with Crippen molar-refractivity contribution in [3.63, 3.8) is 0 Å². The molecule has 0 bridgehead atoms. The molecule has 2 heterocycles. The zero-order valence-corrected chi connectivity index (χ0v) is 27.5. The largest absolute Gasteiger partial charge is 0.496 e. The Labute approximate surface area is 265 Å². The second-order valence-corrected chi connectivity index (χ2v) is 13.3. The number of anilines is 1. The molecule has 2 aromatic carbocycles. The first-order chi connectivity index (χ1) is 20.4. The third kappa shape index (κ3) is 6.50. The van der Waals surface area contributed by atoms with Gasteiger partial charge in [0, 0.05) is 56.1 Å². The number of ketones is 1. The number of dihydropyridines is 1. The molecule has 1 aromatic heterocycles. The van der Waals surface area contributed by atoms with Crippen molar-refractivity contribution in [3.05, 3.63) is 103 Å². The Morgan fingerprint density at radius 2 is 1.84 bits per heavy atom. The van der Waals surface area contributed by atoms with E-state index in [4.69, 9.17) is 21.1 Å². The summed E-state index contributed by atoms with van der Waals surface area (Å²) in [6.07, 6.45) is 2.72. The maximum atomic E-state index is 13.9. The van der Waals surface area contributed by atoms with E-state index in [-0.39, 0.29) is 23.7 Å². The highest BCUT2D eigenvalue weighted by atomic mass is 79.9. The van der Waals surface area contributed by atoms with Crippen molar-refractivity contribution in [3.8, 4) is 11.5 Å². The quantitative estimate of drug-likeness (QED) is 0.267. The average molecular weight is 665 g/mol. The van der Waals surface area contributed by atoms with E-state index >= 15 is 0 Å². The number of carbonyl (C=O) groups is 2. The van der Waals surface area contributed by atoms with Crippen LogP contribution in [0.5, 0.6) is 11.5 Å². The van der Waals surface area contributed by atoms with Crippen LogP contribution in [0.2, 0.25) is 5.02 Å². The number of methoxy groups -OCH3 is 1. The number of halogens is 2. The summed E-state index contributed by atoms with van der Waals surface area (Å²) in [6.45, 7) is 10.2. The van der Waals surface area contributed by atoms with Gasteiger partial charge in [-0.2, -0.15) is 0 Å². The molecule has 9 heteroatoms. The summed E-state index contributed by atoms with van der Waals surface area (Å²) in [7, 11) is 1.61. The highest BCUT2D eigenvalue weighted by molar-refractivity contribution is 9.10. The van der Waals surface area contributed by atoms with Crippen LogP contribution in [0.1, 0.15) is 61.8 Å². The molecule has 1 aliphatic carbocycles. The van der Waals surface area contributed by atoms with E-state index in [9.17, 15) is 9.59 Å². The second kappa shape index (κ2) is 12.2. The van der Waals surface area contributed by atoms with Gasteiger partial charge in [-0.05, 0) is 102 Å². The van der Waals surface area contributed by atoms with Crippen molar-refractivity contribution in [2.24, 2.45) is 5.41 Å². The third-order valence-corrected chi connectivity index (χ3v) is 8.96. The van der Waals surface area contributed by atoms with Crippen molar-refractivity contribution >= 4 is 45.0 Å². The lowest BCUT2D eigenvalue weighted by Gasteiger charge is -2.39. The predicted octanol–water partition coefficient (Wildman–Crippen LogP) is 7.94. The number of aryl methyl sites for hydroxylation is 2. The molecule has 1 atom stereocenters. The summed E-state index contributed by atoms with van der Waals surface area (Å²) in [5, 5.41) is 7.07. The van der Waals surface area contributed by atoms with E-state index in [1.54, 1.807) is 19.4 Å². The first-order valence-corrected chi connectivity index (χ1v) is 15.3. The smallest absolute Gasteiger partial charge is 0.255 e. The predicted molar refractivity (Wildman–Crippen MR) is 172 cm³/mol. The minimum absolute atomic E-state index is 0.0315. The fourth-order valence-electron chi connectivity index (χ4n) is 5.95. The van der Waals surface area contributed by atoms with Crippen molar-refractivity contribution < 1.29 is 19.1 Å². The van der Waals surface area contributed by atoms with Crippen LogP contribution < -0.4 is 20.1 Å². The molecule has 2 aliphatic rings. The number of amides is 1. The Morgan fingerprint density at radius 3 is 2.49 bits per heavy atom. The van der Waals surface area contributed by atoms with Crippen LogP contribution in [0.4, 0.5) is 5.82 Å². The molecule has 0 saturated carbocycles. The fraction of sp³-hybridized carbons (Fsp3) is 0.324. The molecule has 1 aliphatic heterocycles. The van der Waals surface area contributed by atoms with Crippen LogP contribution >= 0.6 is 27.5 Å². The van der Waals surface area contributed by atoms with E-state index in [1.807, 2.05) is 57.2 Å². The molecule has 3 aromatic rings. The van der Waals surface area contributed by atoms with E-state index in [1.165, 1.54) is 0 Å². The molecule has 1 amide bonds. The van der Waals surface area contributed by atoms with Crippen LogP contribution in [-0.4, -0.2) is 23.8 Å². The van der Waals surface area contributed by atoms with E-state index in [2.05, 4.69) is 45.4 Å². The first kappa shape index (κ1) is 30.8. The normalized spacial score (nSPS) is 17.8. The van der Waals surface area contributed by atoms with E-state index in [0.717, 1.165) is 32.4 Å². The maximum Gasteiger partial charge on any atom is 0.255 e. The van der Waals surface area contributed by atoms with Gasteiger partial charge in [-0.1, -0.05) is 31.5 Å². The molecule has 43 heavy (non-hydrogen) atoms. The number of aromatic nitrogens is 1. The maximum absolute atomic E-state index is 13.9. The molecule has 2 N–H and O–H groups in total. The number of carbonyl (C=O) groups excluding carboxylic acids is 2. The number of rotatable bonds is 7. The zero-order valence-electron chi connectivity index (χ0n) is 25.2. The lowest BCUT2D eigenvalue weighted by Crippen LogP contribution is -2.39. The van der Waals surface area contributed by atoms with Gasteiger partial charge in [0.05, 0.1) is 7.11 Å². The van der Waals surface area contributed by atoms with Crippen LogP contribution in [0, 0.1) is 19.3 Å². The summed E-state index contributed by atoms with van der Waals surface area (Å²) in [5.74, 6) is 0.886. The van der Waals surface area contributed by atoms with E-state index < -0.39 is 5.92 Å². The number of nitrogens with one attached hydrogen (secondary N) is 2. The lowest BCUT2D eigenvalue weighted by atomic mass is 9.68. The highest BCUT2D eigenvalue weighted by Crippen LogP contribution is 2.47. The van der Waals surface area contributed by atoms with Gasteiger partial charge in [0.1, 0.15) is 23.9 Å². The van der Waals surface area contributed by atoms with Crippen molar-refractivity contribution in [1.29, 1.82) is 0 Å². The SMILES string of the molecule is COc1ccc([C@@H]2C(C(=O)Nc3ccc(Br)cn3)=C(C)NC3=C2C(=O)CC(C)(C)C3)cc1COc1cc(C)c(Cl)c(C)c1. The minimum Gasteiger partial charge on any atom is -0.496 e. The standard InChI is InChI=1S/C34H35BrClN3O4/c1-18-11-24(12-19(2)32(18)36)43-17-22-13-21(7-9-27(22)42-6)30-29(33(41)39-28-10-8-23(35)16-37-28)20(3)38-25-14-34(4,5)15-26(40)31(25)30/h7-13,16,30,38H,14-15,17H2,1-6H3,(H,37,39,41)/t30-/m1/s1. The molecule has 0 radical (unpaired) electrons. The summed E-state index contributed by atoms with van der Waals surface area (Å²) >= 11 is 9.74. The third-order valence-electron chi connectivity index (χ3n) is 7.90. The monoisotopic (exact) mass is 663 g/mol. The number of pyridine rings is 1. The zero-order chi connectivity index (χ0) is 31.1. The Morgan fingerprint density at radius 1 is 1.12 bits per heavy atom. The molecule has 0 unspecified atom stereocenters. The van der Waals surface area contributed by atoms with Gasteiger partial charge in [0.15, 0.2) is 5.78 Å². The molecule has 224 valence electrons. The molecular formula is C34H35BrClN3O4. The van der Waals surface area contributed by atoms with Crippen molar-refractivity contribution in [2.45, 2.75) is 60.0 Å².